The molecule has 2 heterocycles. The molecule has 0 amide bonds. The van der Waals surface area contributed by atoms with Crippen molar-refractivity contribution >= 4 is 29.0 Å². The first kappa shape index (κ1) is 12.0. The van der Waals surface area contributed by atoms with Crippen LogP contribution in [0.3, 0.4) is 0 Å². The zero-order valence-corrected chi connectivity index (χ0v) is 10.8. The molecular weight excluding hydrogens is 260 g/mol. The van der Waals surface area contributed by atoms with Gasteiger partial charge in [0.15, 0.2) is 4.34 Å². The second kappa shape index (κ2) is 5.25. The van der Waals surface area contributed by atoms with Crippen molar-refractivity contribution in [3.8, 4) is 6.01 Å². The minimum atomic E-state index is 0.212. The molecule has 0 radical (unpaired) electrons. The van der Waals surface area contributed by atoms with Gasteiger partial charge in [0.25, 0.3) is 0 Å². The number of hydrogen-bond acceptors (Lipinski definition) is 9. The van der Waals surface area contributed by atoms with Crippen LogP contribution < -0.4 is 16.0 Å². The van der Waals surface area contributed by atoms with Gasteiger partial charge in [0, 0.05) is 11.1 Å². The Morgan fingerprint density at radius 2 is 2.18 bits per heavy atom. The molecule has 0 saturated carbocycles. The highest BCUT2D eigenvalue weighted by molar-refractivity contribution is 8.00. The molecule has 9 heteroatoms. The number of hydrazine groups is 1. The van der Waals surface area contributed by atoms with Crippen molar-refractivity contribution in [2.75, 3.05) is 12.5 Å². The van der Waals surface area contributed by atoms with Crippen LogP contribution in [0, 0.1) is 6.92 Å². The van der Waals surface area contributed by atoms with Crippen molar-refractivity contribution in [1.29, 1.82) is 0 Å². The molecule has 0 atom stereocenters. The lowest BCUT2D eigenvalue weighted by Gasteiger charge is -2.03. The van der Waals surface area contributed by atoms with Crippen LogP contribution in [-0.2, 0) is 0 Å². The fourth-order valence-electron chi connectivity index (χ4n) is 0.997. The molecule has 0 saturated heterocycles. The molecule has 2 aromatic rings. The number of methoxy groups -OCH3 is 1. The molecule has 0 aliphatic rings. The third-order valence-corrected chi connectivity index (χ3v) is 3.60. The largest absolute Gasteiger partial charge is 0.467 e. The van der Waals surface area contributed by atoms with E-state index in [1.807, 2.05) is 12.3 Å². The van der Waals surface area contributed by atoms with E-state index >= 15 is 0 Å². The first-order valence-corrected chi connectivity index (χ1v) is 6.27. The Bertz CT molecular complexity index is 494. The lowest BCUT2D eigenvalue weighted by atomic mass is 10.6. The normalized spacial score (nSPS) is 10.3. The van der Waals surface area contributed by atoms with Gasteiger partial charge in [-0.1, -0.05) is 0 Å². The van der Waals surface area contributed by atoms with Crippen LogP contribution in [0.2, 0.25) is 0 Å². The van der Waals surface area contributed by atoms with E-state index in [0.29, 0.717) is 5.16 Å². The fourth-order valence-corrected chi connectivity index (χ4v) is 2.68. The van der Waals surface area contributed by atoms with Crippen LogP contribution in [0.15, 0.2) is 14.9 Å². The lowest BCUT2D eigenvalue weighted by Crippen LogP contribution is -2.12. The van der Waals surface area contributed by atoms with Gasteiger partial charge in [-0.05, 0) is 18.7 Å². The number of aryl methyl sites for hydroxylation is 1. The van der Waals surface area contributed by atoms with Crippen LogP contribution in [-0.4, -0.2) is 27.0 Å². The molecule has 17 heavy (non-hydrogen) atoms. The Morgan fingerprint density at radius 3 is 2.76 bits per heavy atom. The molecule has 2 aromatic heterocycles. The van der Waals surface area contributed by atoms with Crippen molar-refractivity contribution in [2.45, 2.75) is 16.4 Å². The monoisotopic (exact) mass is 270 g/mol. The summed E-state index contributed by atoms with van der Waals surface area (Å²) in [6.45, 7) is 1.93. The predicted molar refractivity (Wildman–Crippen MR) is 65.2 cm³/mol. The van der Waals surface area contributed by atoms with E-state index in [0.717, 1.165) is 10.0 Å². The molecule has 0 bridgehead atoms. The van der Waals surface area contributed by atoms with Crippen LogP contribution in [0.4, 0.5) is 5.95 Å². The van der Waals surface area contributed by atoms with Crippen LogP contribution >= 0.6 is 23.1 Å². The number of nitrogens with two attached hydrogens (primary N) is 1. The molecule has 0 aromatic carbocycles. The number of ether oxygens (including phenoxy) is 1. The summed E-state index contributed by atoms with van der Waals surface area (Å²) in [5, 5.41) is 2.45. The predicted octanol–water partition coefficient (Wildman–Crippen LogP) is 1.08. The van der Waals surface area contributed by atoms with Gasteiger partial charge in [0.2, 0.25) is 11.1 Å². The smallest absolute Gasteiger partial charge is 0.322 e. The van der Waals surface area contributed by atoms with Gasteiger partial charge in [-0.2, -0.15) is 15.0 Å². The molecule has 3 N–H and O–H groups in total. The first-order chi connectivity index (χ1) is 8.21. The molecule has 0 fully saturated rings. The zero-order valence-electron chi connectivity index (χ0n) is 9.17. The third kappa shape index (κ3) is 3.02. The second-order valence-electron chi connectivity index (χ2n) is 2.93. The SMILES string of the molecule is COc1nc(NN)nc(Sc2nc(C)cs2)n1. The molecule has 0 aliphatic heterocycles. The summed E-state index contributed by atoms with van der Waals surface area (Å²) in [5.74, 6) is 5.52. The van der Waals surface area contributed by atoms with Gasteiger partial charge in [-0.15, -0.1) is 11.3 Å². The Labute approximate surface area is 106 Å². The van der Waals surface area contributed by atoms with Gasteiger partial charge in [0.05, 0.1) is 7.11 Å². The molecule has 0 aliphatic carbocycles. The second-order valence-corrected chi connectivity index (χ2v) is 5.00. The Balaban J connectivity index is 2.25. The highest BCUT2D eigenvalue weighted by atomic mass is 32.2. The van der Waals surface area contributed by atoms with Crippen molar-refractivity contribution in [2.24, 2.45) is 5.84 Å². The van der Waals surface area contributed by atoms with Crippen LogP contribution in [0.1, 0.15) is 5.69 Å². The summed E-state index contributed by atoms with van der Waals surface area (Å²) in [5.41, 5.74) is 3.33. The average Bonchev–Trinajstić information content (AvgIpc) is 2.74. The first-order valence-electron chi connectivity index (χ1n) is 4.58. The van der Waals surface area contributed by atoms with E-state index in [-0.39, 0.29) is 12.0 Å². The van der Waals surface area contributed by atoms with E-state index in [9.17, 15) is 0 Å². The summed E-state index contributed by atoms with van der Waals surface area (Å²) in [7, 11) is 1.48. The number of aromatic nitrogens is 4. The number of anilines is 1. The minimum Gasteiger partial charge on any atom is -0.467 e. The minimum absolute atomic E-state index is 0.212. The summed E-state index contributed by atoms with van der Waals surface area (Å²) in [6, 6.07) is 0.212. The number of nitrogen functional groups attached to an aromatic ring is 1. The highest BCUT2D eigenvalue weighted by Gasteiger charge is 2.09. The van der Waals surface area contributed by atoms with Crippen molar-refractivity contribution < 1.29 is 4.74 Å². The number of nitrogens with zero attached hydrogens (tertiary/aromatic N) is 4. The molecular formula is C8H10N6OS2. The summed E-state index contributed by atoms with van der Waals surface area (Å²) in [4.78, 5) is 16.4. The summed E-state index contributed by atoms with van der Waals surface area (Å²) >= 11 is 2.87. The van der Waals surface area contributed by atoms with Crippen molar-refractivity contribution in [3.63, 3.8) is 0 Å². The maximum Gasteiger partial charge on any atom is 0.322 e. The molecule has 7 nitrogen and oxygen atoms in total. The van der Waals surface area contributed by atoms with E-state index in [2.05, 4.69) is 25.4 Å². The van der Waals surface area contributed by atoms with Gasteiger partial charge >= 0.3 is 6.01 Å². The zero-order chi connectivity index (χ0) is 12.3. The van der Waals surface area contributed by atoms with E-state index in [4.69, 9.17) is 10.6 Å². The maximum atomic E-state index is 5.26. The van der Waals surface area contributed by atoms with Crippen molar-refractivity contribution in [1.82, 2.24) is 19.9 Å². The van der Waals surface area contributed by atoms with Gasteiger partial charge < -0.3 is 4.74 Å². The quantitative estimate of drug-likeness (QED) is 0.629. The van der Waals surface area contributed by atoms with E-state index in [1.165, 1.54) is 30.2 Å². The standard InChI is InChI=1S/C8H10N6OS2/c1-4-3-16-8(10-4)17-7-12-5(14-9)11-6(13-7)15-2/h3H,9H2,1-2H3,(H,11,12,13,14). The van der Waals surface area contributed by atoms with E-state index < -0.39 is 0 Å². The Hall–Kier alpha value is -1.45. The Kier molecular flexibility index (Phi) is 3.71. The molecule has 0 spiro atoms. The average molecular weight is 270 g/mol. The molecule has 0 unspecified atom stereocenters. The van der Waals surface area contributed by atoms with Gasteiger partial charge in [-0.25, -0.2) is 10.8 Å². The van der Waals surface area contributed by atoms with Gasteiger partial charge in [-0.3, -0.25) is 5.43 Å². The summed E-state index contributed by atoms with van der Waals surface area (Å²) in [6.07, 6.45) is 0. The molecule has 2 rings (SSSR count). The number of nitrogens with one attached hydrogen (secondary N) is 1. The van der Waals surface area contributed by atoms with Crippen LogP contribution in [0.25, 0.3) is 0 Å². The highest BCUT2D eigenvalue weighted by Crippen LogP contribution is 2.28. The molecule has 90 valence electrons. The van der Waals surface area contributed by atoms with E-state index in [1.54, 1.807) is 0 Å². The fraction of sp³-hybridized carbons (Fsp3) is 0.250. The number of hydrogen-bond donors (Lipinski definition) is 2. The lowest BCUT2D eigenvalue weighted by molar-refractivity contribution is 0.373. The number of thiazole rings is 1. The number of rotatable bonds is 4. The maximum absolute atomic E-state index is 5.26. The third-order valence-electron chi connectivity index (χ3n) is 1.68. The van der Waals surface area contributed by atoms with Gasteiger partial charge in [0.1, 0.15) is 0 Å². The van der Waals surface area contributed by atoms with Crippen molar-refractivity contribution in [3.05, 3.63) is 11.1 Å². The van der Waals surface area contributed by atoms with Crippen LogP contribution in [0.5, 0.6) is 6.01 Å². The Morgan fingerprint density at radius 1 is 1.35 bits per heavy atom. The topological polar surface area (TPSA) is 98.8 Å². The summed E-state index contributed by atoms with van der Waals surface area (Å²) < 4.78 is 5.81.